The predicted molar refractivity (Wildman–Crippen MR) is 141 cm³/mol. The predicted octanol–water partition coefficient (Wildman–Crippen LogP) is 2.70. The smallest absolute Gasteiger partial charge is 0.253 e. The largest absolute Gasteiger partial charge is 0.378 e. The van der Waals surface area contributed by atoms with Crippen LogP contribution in [0.25, 0.3) is 11.3 Å². The lowest BCUT2D eigenvalue weighted by Gasteiger charge is -2.28. The van der Waals surface area contributed by atoms with Gasteiger partial charge in [-0.1, -0.05) is 12.1 Å². The van der Waals surface area contributed by atoms with E-state index in [1.807, 2.05) is 57.5 Å². The number of amides is 1. The molecule has 1 amide bonds. The van der Waals surface area contributed by atoms with Crippen molar-refractivity contribution in [3.63, 3.8) is 0 Å². The highest BCUT2D eigenvalue weighted by molar-refractivity contribution is 5.95. The fourth-order valence-corrected chi connectivity index (χ4v) is 4.63. The van der Waals surface area contributed by atoms with E-state index in [1.165, 1.54) is 0 Å². The van der Waals surface area contributed by atoms with Gasteiger partial charge in [-0.3, -0.25) is 9.78 Å². The highest BCUT2D eigenvalue weighted by atomic mass is 16.5. The number of aromatic nitrogens is 3. The third-order valence-corrected chi connectivity index (χ3v) is 6.70. The number of ether oxygens (including phenoxy) is 1. The van der Waals surface area contributed by atoms with E-state index in [2.05, 4.69) is 19.7 Å². The number of fused-ring (bicyclic) bond motifs is 1. The Kier molecular flexibility index (Phi) is 7.11. The Bertz CT molecular complexity index is 1210. The summed E-state index contributed by atoms with van der Waals surface area (Å²) in [5.41, 5.74) is 4.66. The summed E-state index contributed by atoms with van der Waals surface area (Å²) in [6, 6.07) is 11.8. The standard InChI is InChI=1S/C27H33N7O2/c1-31(2)13-14-32(3)26(35)21-6-4-5-20(19-21)24-23-9-12-34(22-7-10-28-11-8-22)25(23)30-27(29-24)33-15-17-36-18-16-33/h4-8,10-11,19H,9,12-18H2,1-3H3. The molecule has 1 fully saturated rings. The first-order valence-corrected chi connectivity index (χ1v) is 12.4. The number of pyridine rings is 1. The van der Waals surface area contributed by atoms with Crippen molar-refractivity contribution in [2.24, 2.45) is 0 Å². The Labute approximate surface area is 212 Å². The molecule has 1 aromatic carbocycles. The molecule has 188 valence electrons. The van der Waals surface area contributed by atoms with Gasteiger partial charge in [0.1, 0.15) is 5.82 Å². The highest BCUT2D eigenvalue weighted by Crippen LogP contribution is 2.39. The summed E-state index contributed by atoms with van der Waals surface area (Å²) in [6.07, 6.45) is 4.44. The number of anilines is 3. The summed E-state index contributed by atoms with van der Waals surface area (Å²) in [5, 5.41) is 0. The highest BCUT2D eigenvalue weighted by Gasteiger charge is 2.29. The number of carbonyl (C=O) groups excluding carboxylic acids is 1. The summed E-state index contributed by atoms with van der Waals surface area (Å²) in [6.45, 7) is 5.13. The molecule has 2 aromatic heterocycles. The minimum atomic E-state index is 0.0104. The van der Waals surface area contributed by atoms with Crippen molar-refractivity contribution in [1.82, 2.24) is 24.8 Å². The van der Waals surface area contributed by atoms with Gasteiger partial charge in [0.15, 0.2) is 0 Å². The van der Waals surface area contributed by atoms with Gasteiger partial charge in [0.05, 0.1) is 18.9 Å². The van der Waals surface area contributed by atoms with Crippen molar-refractivity contribution in [3.05, 3.63) is 59.9 Å². The molecule has 4 heterocycles. The summed E-state index contributed by atoms with van der Waals surface area (Å²) in [7, 11) is 5.87. The normalized spacial score (nSPS) is 15.3. The zero-order valence-corrected chi connectivity index (χ0v) is 21.2. The first kappa shape index (κ1) is 24.1. The van der Waals surface area contributed by atoms with Crippen molar-refractivity contribution in [3.8, 4) is 11.3 Å². The lowest BCUT2D eigenvalue weighted by Crippen LogP contribution is -2.37. The van der Waals surface area contributed by atoms with Crippen molar-refractivity contribution in [2.75, 3.05) is 76.9 Å². The quantitative estimate of drug-likeness (QED) is 0.504. The topological polar surface area (TPSA) is 77.9 Å². The number of carbonyl (C=O) groups is 1. The lowest BCUT2D eigenvalue weighted by atomic mass is 10.0. The molecule has 36 heavy (non-hydrogen) atoms. The second-order valence-electron chi connectivity index (χ2n) is 9.49. The molecular weight excluding hydrogens is 454 g/mol. The zero-order chi connectivity index (χ0) is 25.1. The minimum absolute atomic E-state index is 0.0104. The van der Waals surface area contributed by atoms with E-state index in [4.69, 9.17) is 14.7 Å². The molecule has 9 heteroatoms. The van der Waals surface area contributed by atoms with Gasteiger partial charge in [-0.05, 0) is 44.8 Å². The second kappa shape index (κ2) is 10.6. The van der Waals surface area contributed by atoms with Crippen LogP contribution in [-0.4, -0.2) is 97.7 Å². The molecule has 2 aliphatic heterocycles. The van der Waals surface area contributed by atoms with Crippen LogP contribution in [0.3, 0.4) is 0 Å². The van der Waals surface area contributed by atoms with Crippen molar-refractivity contribution < 1.29 is 9.53 Å². The molecule has 0 N–H and O–H groups in total. The molecule has 0 bridgehead atoms. The molecule has 0 radical (unpaired) electrons. The number of benzene rings is 1. The van der Waals surface area contributed by atoms with E-state index in [9.17, 15) is 4.79 Å². The monoisotopic (exact) mass is 487 g/mol. The molecule has 2 aliphatic rings. The molecule has 1 saturated heterocycles. The van der Waals surface area contributed by atoms with Gasteiger partial charge < -0.3 is 24.3 Å². The van der Waals surface area contributed by atoms with Crippen LogP contribution in [0.2, 0.25) is 0 Å². The average molecular weight is 488 g/mol. The Morgan fingerprint density at radius 3 is 2.53 bits per heavy atom. The fraction of sp³-hybridized carbons (Fsp3) is 0.407. The van der Waals surface area contributed by atoms with Crippen LogP contribution >= 0.6 is 0 Å². The van der Waals surface area contributed by atoms with Crippen LogP contribution in [0.5, 0.6) is 0 Å². The van der Waals surface area contributed by atoms with E-state index in [0.29, 0.717) is 31.3 Å². The maximum atomic E-state index is 13.2. The molecule has 0 unspecified atom stereocenters. The van der Waals surface area contributed by atoms with Gasteiger partial charge in [0.2, 0.25) is 5.95 Å². The zero-order valence-electron chi connectivity index (χ0n) is 21.2. The second-order valence-corrected chi connectivity index (χ2v) is 9.49. The molecule has 0 saturated carbocycles. The molecule has 0 aliphatic carbocycles. The Morgan fingerprint density at radius 2 is 1.78 bits per heavy atom. The number of nitrogens with zero attached hydrogens (tertiary/aromatic N) is 7. The van der Waals surface area contributed by atoms with E-state index in [0.717, 1.165) is 60.9 Å². The van der Waals surface area contributed by atoms with Gasteiger partial charge in [0, 0.05) is 74.5 Å². The molecule has 3 aromatic rings. The first-order chi connectivity index (χ1) is 17.5. The third-order valence-electron chi connectivity index (χ3n) is 6.70. The average Bonchev–Trinajstić information content (AvgIpc) is 3.36. The molecule has 9 nitrogen and oxygen atoms in total. The van der Waals surface area contributed by atoms with E-state index in [1.54, 1.807) is 17.3 Å². The van der Waals surface area contributed by atoms with Gasteiger partial charge in [0.25, 0.3) is 5.91 Å². The maximum Gasteiger partial charge on any atom is 0.253 e. The van der Waals surface area contributed by atoms with Crippen LogP contribution in [0.4, 0.5) is 17.5 Å². The summed E-state index contributed by atoms with van der Waals surface area (Å²) < 4.78 is 5.56. The van der Waals surface area contributed by atoms with Crippen molar-refractivity contribution in [1.29, 1.82) is 0 Å². The van der Waals surface area contributed by atoms with Crippen LogP contribution in [0.1, 0.15) is 15.9 Å². The van der Waals surface area contributed by atoms with E-state index >= 15 is 0 Å². The molecule has 5 rings (SSSR count). The Balaban J connectivity index is 1.54. The third kappa shape index (κ3) is 5.03. The van der Waals surface area contributed by atoms with Crippen LogP contribution < -0.4 is 9.80 Å². The van der Waals surface area contributed by atoms with Crippen LogP contribution in [0, 0.1) is 0 Å². The number of hydrogen-bond acceptors (Lipinski definition) is 8. The van der Waals surface area contributed by atoms with Gasteiger partial charge in [-0.25, -0.2) is 4.98 Å². The summed E-state index contributed by atoms with van der Waals surface area (Å²) in [5.74, 6) is 1.64. The van der Waals surface area contributed by atoms with Gasteiger partial charge in [-0.2, -0.15) is 4.98 Å². The Hall–Kier alpha value is -3.56. The summed E-state index contributed by atoms with van der Waals surface area (Å²) in [4.78, 5) is 35.7. The van der Waals surface area contributed by atoms with Crippen molar-refractivity contribution >= 4 is 23.4 Å². The molecular formula is C27H33N7O2. The van der Waals surface area contributed by atoms with Crippen LogP contribution in [-0.2, 0) is 11.2 Å². The van der Waals surface area contributed by atoms with Gasteiger partial charge in [-0.15, -0.1) is 0 Å². The van der Waals surface area contributed by atoms with Crippen LogP contribution in [0.15, 0.2) is 48.8 Å². The summed E-state index contributed by atoms with van der Waals surface area (Å²) >= 11 is 0. The van der Waals surface area contributed by atoms with Gasteiger partial charge >= 0.3 is 0 Å². The molecule has 0 atom stereocenters. The van der Waals surface area contributed by atoms with Crippen molar-refractivity contribution in [2.45, 2.75) is 6.42 Å². The number of rotatable bonds is 7. The fourth-order valence-electron chi connectivity index (χ4n) is 4.63. The lowest BCUT2D eigenvalue weighted by molar-refractivity contribution is 0.0786. The first-order valence-electron chi connectivity index (χ1n) is 12.4. The number of hydrogen-bond donors (Lipinski definition) is 0. The SMILES string of the molecule is CN(C)CCN(C)C(=O)c1cccc(-c2nc(N3CCOCC3)nc3c2CCN3c2ccncc2)c1. The Morgan fingerprint density at radius 1 is 1.00 bits per heavy atom. The molecule has 0 spiro atoms. The maximum absolute atomic E-state index is 13.2. The van der Waals surface area contributed by atoms with E-state index in [-0.39, 0.29) is 5.91 Å². The number of likely N-dealkylation sites (N-methyl/N-ethyl adjacent to an activating group) is 2. The number of morpholine rings is 1. The minimum Gasteiger partial charge on any atom is -0.378 e. The van der Waals surface area contributed by atoms with E-state index < -0.39 is 0 Å².